The van der Waals surface area contributed by atoms with Gasteiger partial charge in [-0.3, -0.25) is 15.0 Å². The van der Waals surface area contributed by atoms with E-state index in [1.807, 2.05) is 30.3 Å². The number of aryl methyl sites for hydroxylation is 1. The van der Waals surface area contributed by atoms with E-state index in [1.54, 1.807) is 47.8 Å². The summed E-state index contributed by atoms with van der Waals surface area (Å²) < 4.78 is 0. The molecule has 0 saturated heterocycles. The molecule has 7 heteroatoms. The molecule has 1 heterocycles. The van der Waals surface area contributed by atoms with Crippen molar-refractivity contribution >= 4 is 40.4 Å². The van der Waals surface area contributed by atoms with Crippen molar-refractivity contribution in [2.45, 2.75) is 6.92 Å². The summed E-state index contributed by atoms with van der Waals surface area (Å²) in [6.45, 7) is 2.05. The SMILES string of the molecule is Cc1ccccc1-c1ccc(C(=O)Nc2ccsc2C(=O)Nc2cccc(C(=N)N)c2)cc1. The van der Waals surface area contributed by atoms with Crippen LogP contribution >= 0.6 is 11.3 Å². The molecule has 0 saturated carbocycles. The van der Waals surface area contributed by atoms with Crippen LogP contribution in [0.2, 0.25) is 0 Å². The molecule has 164 valence electrons. The Morgan fingerprint density at radius 2 is 1.61 bits per heavy atom. The summed E-state index contributed by atoms with van der Waals surface area (Å²) in [5.74, 6) is -0.725. The van der Waals surface area contributed by atoms with Gasteiger partial charge in [-0.25, -0.2) is 0 Å². The van der Waals surface area contributed by atoms with Crippen LogP contribution in [0.15, 0.2) is 84.2 Å². The Labute approximate surface area is 195 Å². The molecule has 4 aromatic rings. The lowest BCUT2D eigenvalue weighted by molar-refractivity contribution is 0.102. The lowest BCUT2D eigenvalue weighted by atomic mass is 9.99. The molecule has 0 spiro atoms. The zero-order chi connectivity index (χ0) is 23.4. The van der Waals surface area contributed by atoms with Crippen LogP contribution in [0.25, 0.3) is 11.1 Å². The zero-order valence-electron chi connectivity index (χ0n) is 17.9. The highest BCUT2D eigenvalue weighted by Crippen LogP contribution is 2.26. The van der Waals surface area contributed by atoms with E-state index in [0.717, 1.165) is 16.7 Å². The van der Waals surface area contributed by atoms with Gasteiger partial charge >= 0.3 is 0 Å². The third-order valence-corrected chi connectivity index (χ3v) is 6.07. The van der Waals surface area contributed by atoms with Crippen LogP contribution in [-0.2, 0) is 0 Å². The van der Waals surface area contributed by atoms with Crippen molar-refractivity contribution < 1.29 is 9.59 Å². The molecule has 0 unspecified atom stereocenters. The van der Waals surface area contributed by atoms with Crippen molar-refractivity contribution in [3.63, 3.8) is 0 Å². The maximum Gasteiger partial charge on any atom is 0.267 e. The number of amidine groups is 1. The van der Waals surface area contributed by atoms with Gasteiger partial charge in [0.2, 0.25) is 0 Å². The Morgan fingerprint density at radius 1 is 0.848 bits per heavy atom. The van der Waals surface area contributed by atoms with Crippen LogP contribution in [0.4, 0.5) is 11.4 Å². The van der Waals surface area contributed by atoms with Crippen LogP contribution in [0.5, 0.6) is 0 Å². The molecule has 6 nitrogen and oxygen atoms in total. The fraction of sp³-hybridized carbons (Fsp3) is 0.0385. The first-order chi connectivity index (χ1) is 15.9. The summed E-state index contributed by atoms with van der Waals surface area (Å²) in [6.07, 6.45) is 0. The van der Waals surface area contributed by atoms with Gasteiger partial charge in [0.1, 0.15) is 10.7 Å². The Balaban J connectivity index is 1.47. The van der Waals surface area contributed by atoms with E-state index in [2.05, 4.69) is 23.6 Å². The fourth-order valence-electron chi connectivity index (χ4n) is 3.43. The van der Waals surface area contributed by atoms with Crippen molar-refractivity contribution in [2.24, 2.45) is 5.73 Å². The number of amides is 2. The van der Waals surface area contributed by atoms with Crippen LogP contribution in [-0.4, -0.2) is 17.6 Å². The summed E-state index contributed by atoms with van der Waals surface area (Å²) in [7, 11) is 0. The van der Waals surface area contributed by atoms with Crippen molar-refractivity contribution in [1.29, 1.82) is 5.41 Å². The molecule has 1 aromatic heterocycles. The number of hydrogen-bond donors (Lipinski definition) is 4. The summed E-state index contributed by atoms with van der Waals surface area (Å²) in [5.41, 5.74) is 10.8. The van der Waals surface area contributed by atoms with Crippen molar-refractivity contribution in [3.05, 3.63) is 106 Å². The number of thiophene rings is 1. The first-order valence-electron chi connectivity index (χ1n) is 10.2. The molecule has 0 bridgehead atoms. The second-order valence-corrected chi connectivity index (χ2v) is 8.37. The second kappa shape index (κ2) is 9.50. The minimum Gasteiger partial charge on any atom is -0.384 e. The predicted molar refractivity (Wildman–Crippen MR) is 134 cm³/mol. The number of rotatable bonds is 6. The van der Waals surface area contributed by atoms with Crippen LogP contribution < -0.4 is 16.4 Å². The zero-order valence-corrected chi connectivity index (χ0v) is 18.7. The highest BCUT2D eigenvalue weighted by Gasteiger charge is 2.17. The molecule has 0 fully saturated rings. The number of anilines is 2. The van der Waals surface area contributed by atoms with Gasteiger partial charge in [-0.1, -0.05) is 48.5 Å². The predicted octanol–water partition coefficient (Wildman–Crippen LogP) is 5.51. The largest absolute Gasteiger partial charge is 0.384 e. The first-order valence-corrected chi connectivity index (χ1v) is 11.1. The fourth-order valence-corrected chi connectivity index (χ4v) is 4.17. The van der Waals surface area contributed by atoms with E-state index in [4.69, 9.17) is 11.1 Å². The molecule has 4 rings (SSSR count). The molecular formula is C26H22N4O2S. The minimum absolute atomic E-state index is 0.0800. The number of benzene rings is 3. The molecule has 0 atom stereocenters. The quantitative estimate of drug-likeness (QED) is 0.228. The highest BCUT2D eigenvalue weighted by atomic mass is 32.1. The smallest absolute Gasteiger partial charge is 0.267 e. The van der Waals surface area contributed by atoms with Crippen LogP contribution in [0.3, 0.4) is 0 Å². The van der Waals surface area contributed by atoms with E-state index in [0.29, 0.717) is 27.4 Å². The van der Waals surface area contributed by atoms with Gasteiger partial charge in [-0.05, 0) is 59.3 Å². The maximum atomic E-state index is 12.8. The van der Waals surface area contributed by atoms with Crippen molar-refractivity contribution in [1.82, 2.24) is 0 Å². The van der Waals surface area contributed by atoms with E-state index >= 15 is 0 Å². The lowest BCUT2D eigenvalue weighted by Crippen LogP contribution is -2.17. The van der Waals surface area contributed by atoms with Gasteiger partial charge in [-0.15, -0.1) is 11.3 Å². The van der Waals surface area contributed by atoms with E-state index in [9.17, 15) is 9.59 Å². The number of carbonyl (C=O) groups excluding carboxylic acids is 2. The molecule has 0 aliphatic carbocycles. The minimum atomic E-state index is -0.351. The molecule has 5 N–H and O–H groups in total. The number of carbonyl (C=O) groups is 2. The summed E-state index contributed by atoms with van der Waals surface area (Å²) in [4.78, 5) is 26.0. The Kier molecular flexibility index (Phi) is 6.33. The van der Waals surface area contributed by atoms with Gasteiger partial charge in [-0.2, -0.15) is 0 Å². The van der Waals surface area contributed by atoms with Crippen molar-refractivity contribution in [2.75, 3.05) is 10.6 Å². The van der Waals surface area contributed by atoms with Gasteiger partial charge in [0, 0.05) is 16.8 Å². The van der Waals surface area contributed by atoms with E-state index in [-0.39, 0.29) is 17.6 Å². The standard InChI is InChI=1S/C26H22N4O2S/c1-16-5-2-3-8-21(16)17-9-11-18(12-10-17)25(31)30-22-13-14-33-23(22)26(32)29-20-7-4-6-19(15-20)24(27)28/h2-15H,1H3,(H3,27,28)(H,29,32)(H,30,31). The third-order valence-electron chi connectivity index (χ3n) is 5.15. The Bertz CT molecular complexity index is 1340. The monoisotopic (exact) mass is 454 g/mol. The molecule has 0 radical (unpaired) electrons. The molecular weight excluding hydrogens is 432 g/mol. The van der Waals surface area contributed by atoms with Gasteiger partial charge in [0.15, 0.2) is 0 Å². The molecule has 3 aromatic carbocycles. The summed E-state index contributed by atoms with van der Waals surface area (Å²) in [5, 5.41) is 14.9. The Morgan fingerprint density at radius 3 is 2.33 bits per heavy atom. The molecule has 0 aliphatic rings. The maximum absolute atomic E-state index is 12.8. The Hall–Kier alpha value is -4.23. The average Bonchev–Trinajstić information content (AvgIpc) is 3.28. The number of nitrogens with one attached hydrogen (secondary N) is 3. The molecule has 33 heavy (non-hydrogen) atoms. The molecule has 2 amide bonds. The third kappa shape index (κ3) is 4.99. The molecule has 0 aliphatic heterocycles. The lowest BCUT2D eigenvalue weighted by Gasteiger charge is -2.10. The van der Waals surface area contributed by atoms with Crippen LogP contribution in [0.1, 0.15) is 31.2 Å². The second-order valence-electron chi connectivity index (χ2n) is 7.46. The van der Waals surface area contributed by atoms with E-state index < -0.39 is 0 Å². The topological polar surface area (TPSA) is 108 Å². The summed E-state index contributed by atoms with van der Waals surface area (Å²) >= 11 is 1.23. The average molecular weight is 455 g/mol. The first kappa shape index (κ1) is 22.0. The summed E-state index contributed by atoms with van der Waals surface area (Å²) in [6, 6.07) is 23.9. The van der Waals surface area contributed by atoms with Gasteiger partial charge < -0.3 is 16.4 Å². The van der Waals surface area contributed by atoms with Crippen molar-refractivity contribution in [3.8, 4) is 11.1 Å². The van der Waals surface area contributed by atoms with Crippen LogP contribution in [0, 0.1) is 12.3 Å². The number of nitrogen functional groups attached to an aromatic ring is 1. The number of hydrogen-bond acceptors (Lipinski definition) is 4. The normalized spacial score (nSPS) is 10.5. The van der Waals surface area contributed by atoms with Gasteiger partial charge in [0.25, 0.3) is 11.8 Å². The highest BCUT2D eigenvalue weighted by molar-refractivity contribution is 7.12. The van der Waals surface area contributed by atoms with Gasteiger partial charge in [0.05, 0.1) is 5.69 Å². The number of nitrogens with two attached hydrogens (primary N) is 1. The van der Waals surface area contributed by atoms with E-state index in [1.165, 1.54) is 11.3 Å².